The third-order valence-electron chi connectivity index (χ3n) is 3.63. The average Bonchev–Trinajstić information content (AvgIpc) is 3.21. The topological polar surface area (TPSA) is 66.4 Å². The first kappa shape index (κ1) is 14.3. The number of carbonyl (C=O) groups excluding carboxylic acids is 1. The van der Waals surface area contributed by atoms with Gasteiger partial charge in [-0.15, -0.1) is 0 Å². The number of carboxylic acids is 1. The Bertz CT molecular complexity index is 559. The molecule has 4 nitrogen and oxygen atoms in total. The van der Waals surface area contributed by atoms with Gasteiger partial charge in [0.05, 0.1) is 0 Å². The summed E-state index contributed by atoms with van der Waals surface area (Å²) < 4.78 is 0. The fourth-order valence-corrected chi connectivity index (χ4v) is 2.13. The van der Waals surface area contributed by atoms with Crippen molar-refractivity contribution in [3.63, 3.8) is 0 Å². The quantitative estimate of drug-likeness (QED) is 0.810. The lowest BCUT2D eigenvalue weighted by Crippen LogP contribution is -2.34. The summed E-state index contributed by atoms with van der Waals surface area (Å²) in [5.41, 5.74) is 2.25. The van der Waals surface area contributed by atoms with E-state index in [0.29, 0.717) is 11.5 Å². The molecule has 1 atom stereocenters. The van der Waals surface area contributed by atoms with E-state index in [4.69, 9.17) is 5.11 Å². The first-order valence-corrected chi connectivity index (χ1v) is 6.80. The number of amides is 1. The van der Waals surface area contributed by atoms with Crippen LogP contribution in [0.5, 0.6) is 0 Å². The zero-order chi connectivity index (χ0) is 14.7. The predicted molar refractivity (Wildman–Crippen MR) is 77.5 cm³/mol. The molecule has 0 radical (unpaired) electrons. The summed E-state index contributed by atoms with van der Waals surface area (Å²) in [5, 5.41) is 11.7. The zero-order valence-electron chi connectivity index (χ0n) is 11.7. The van der Waals surface area contributed by atoms with E-state index in [-0.39, 0.29) is 11.9 Å². The van der Waals surface area contributed by atoms with Gasteiger partial charge >= 0.3 is 5.97 Å². The lowest BCUT2D eigenvalue weighted by Gasteiger charge is -2.13. The van der Waals surface area contributed by atoms with E-state index in [9.17, 15) is 9.59 Å². The summed E-state index contributed by atoms with van der Waals surface area (Å²) >= 11 is 0. The Morgan fingerprint density at radius 3 is 2.70 bits per heavy atom. The molecule has 2 N–H and O–H groups in total. The van der Waals surface area contributed by atoms with E-state index in [1.165, 1.54) is 18.9 Å². The van der Waals surface area contributed by atoms with Crippen LogP contribution in [0.15, 0.2) is 24.3 Å². The van der Waals surface area contributed by atoms with E-state index in [1.54, 1.807) is 12.1 Å². The van der Waals surface area contributed by atoms with Crippen molar-refractivity contribution in [2.24, 2.45) is 5.92 Å². The lowest BCUT2D eigenvalue weighted by molar-refractivity contribution is -0.131. The van der Waals surface area contributed by atoms with Gasteiger partial charge in [0.2, 0.25) is 0 Å². The van der Waals surface area contributed by atoms with Gasteiger partial charge in [-0.25, -0.2) is 4.79 Å². The van der Waals surface area contributed by atoms with Crippen LogP contribution in [0.25, 0.3) is 6.08 Å². The monoisotopic (exact) mass is 273 g/mol. The van der Waals surface area contributed by atoms with Crippen LogP contribution < -0.4 is 5.32 Å². The van der Waals surface area contributed by atoms with Crippen LogP contribution in [0.3, 0.4) is 0 Å². The molecule has 0 aromatic heterocycles. The van der Waals surface area contributed by atoms with Crippen molar-refractivity contribution in [2.75, 3.05) is 0 Å². The minimum Gasteiger partial charge on any atom is -0.478 e. The van der Waals surface area contributed by atoms with Crippen LogP contribution in [0, 0.1) is 12.8 Å². The summed E-state index contributed by atoms with van der Waals surface area (Å²) in [7, 11) is 0. The molecule has 1 unspecified atom stereocenters. The third-order valence-corrected chi connectivity index (χ3v) is 3.63. The Morgan fingerprint density at radius 1 is 1.40 bits per heavy atom. The van der Waals surface area contributed by atoms with Gasteiger partial charge in [0.1, 0.15) is 0 Å². The van der Waals surface area contributed by atoms with Gasteiger partial charge in [-0.1, -0.05) is 6.07 Å². The number of carboxylic acid groups (broad SMARTS) is 1. The van der Waals surface area contributed by atoms with Gasteiger partial charge in [-0.3, -0.25) is 4.79 Å². The molecule has 0 saturated heterocycles. The predicted octanol–water partition coefficient (Wildman–Crippen LogP) is 2.62. The van der Waals surface area contributed by atoms with Crippen LogP contribution in [0.4, 0.5) is 0 Å². The number of hydrogen-bond acceptors (Lipinski definition) is 2. The number of aryl methyl sites for hydroxylation is 1. The second-order valence-corrected chi connectivity index (χ2v) is 5.34. The number of rotatable bonds is 5. The van der Waals surface area contributed by atoms with Gasteiger partial charge in [0.15, 0.2) is 0 Å². The Balaban J connectivity index is 2.13. The highest BCUT2D eigenvalue weighted by molar-refractivity contribution is 5.95. The highest BCUT2D eigenvalue weighted by Gasteiger charge is 2.29. The Morgan fingerprint density at radius 2 is 2.10 bits per heavy atom. The van der Waals surface area contributed by atoms with Crippen LogP contribution >= 0.6 is 0 Å². The maximum absolute atomic E-state index is 12.1. The van der Waals surface area contributed by atoms with Crippen LogP contribution in [0.2, 0.25) is 0 Å². The minimum absolute atomic E-state index is 0.102. The molecule has 0 aliphatic heterocycles. The Kier molecular flexibility index (Phi) is 4.23. The molecule has 1 amide bonds. The van der Waals surface area contributed by atoms with E-state index < -0.39 is 5.97 Å². The molecule has 0 spiro atoms. The second-order valence-electron chi connectivity index (χ2n) is 5.34. The number of carbonyl (C=O) groups is 2. The van der Waals surface area contributed by atoms with Gasteiger partial charge < -0.3 is 10.4 Å². The van der Waals surface area contributed by atoms with Crippen molar-refractivity contribution in [3.8, 4) is 0 Å². The van der Waals surface area contributed by atoms with E-state index in [0.717, 1.165) is 17.2 Å². The molecule has 20 heavy (non-hydrogen) atoms. The van der Waals surface area contributed by atoms with Crippen molar-refractivity contribution in [1.29, 1.82) is 0 Å². The molecule has 1 aromatic rings. The largest absolute Gasteiger partial charge is 0.478 e. The lowest BCUT2D eigenvalue weighted by atomic mass is 10.0. The maximum atomic E-state index is 12.1. The van der Waals surface area contributed by atoms with E-state index in [1.807, 2.05) is 19.9 Å². The molecule has 4 heteroatoms. The molecule has 106 valence electrons. The van der Waals surface area contributed by atoms with Crippen LogP contribution in [0.1, 0.15) is 41.3 Å². The first-order valence-electron chi connectivity index (χ1n) is 6.80. The molecule has 2 rings (SSSR count). The summed E-state index contributed by atoms with van der Waals surface area (Å²) in [6.45, 7) is 3.91. The summed E-state index contributed by atoms with van der Waals surface area (Å²) in [4.78, 5) is 22.7. The summed E-state index contributed by atoms with van der Waals surface area (Å²) in [6.07, 6.45) is 4.96. The van der Waals surface area contributed by atoms with Crippen molar-refractivity contribution in [2.45, 2.75) is 32.7 Å². The third kappa shape index (κ3) is 3.70. The SMILES string of the molecule is Cc1ccc(C(=O)NC(C)C2CC2)cc1/C=C/C(=O)O. The van der Waals surface area contributed by atoms with Gasteiger partial charge in [0, 0.05) is 17.7 Å². The van der Waals surface area contributed by atoms with Gasteiger partial charge in [-0.2, -0.15) is 0 Å². The molecular formula is C16H19NO3. The number of aliphatic carboxylic acids is 1. The molecule has 0 heterocycles. The second kappa shape index (κ2) is 5.90. The van der Waals surface area contributed by atoms with Crippen molar-refractivity contribution in [1.82, 2.24) is 5.32 Å². The van der Waals surface area contributed by atoms with Crippen LogP contribution in [-0.2, 0) is 4.79 Å². The normalized spacial score (nSPS) is 16.1. The molecule has 1 saturated carbocycles. The standard InChI is InChI=1S/C16H19NO3/c1-10-3-4-14(9-13(10)7-8-15(18)19)16(20)17-11(2)12-5-6-12/h3-4,7-9,11-12H,5-6H2,1-2H3,(H,17,20)(H,18,19)/b8-7+. The molecule has 0 bridgehead atoms. The smallest absolute Gasteiger partial charge is 0.328 e. The summed E-state index contributed by atoms with van der Waals surface area (Å²) in [6, 6.07) is 5.52. The molecule has 1 aliphatic rings. The average molecular weight is 273 g/mol. The number of nitrogens with one attached hydrogen (secondary N) is 1. The Hall–Kier alpha value is -2.10. The van der Waals surface area contributed by atoms with Crippen LogP contribution in [-0.4, -0.2) is 23.0 Å². The van der Waals surface area contributed by atoms with Crippen molar-refractivity contribution < 1.29 is 14.7 Å². The van der Waals surface area contributed by atoms with Crippen molar-refractivity contribution in [3.05, 3.63) is 41.0 Å². The van der Waals surface area contributed by atoms with Gasteiger partial charge in [-0.05, 0) is 61.9 Å². The Labute approximate surface area is 118 Å². The minimum atomic E-state index is -0.999. The molecule has 1 aliphatic carbocycles. The first-order chi connectivity index (χ1) is 9.47. The highest BCUT2D eigenvalue weighted by atomic mass is 16.4. The molecule has 1 fully saturated rings. The number of hydrogen-bond donors (Lipinski definition) is 2. The fraction of sp³-hybridized carbons (Fsp3) is 0.375. The van der Waals surface area contributed by atoms with E-state index in [2.05, 4.69) is 5.32 Å². The maximum Gasteiger partial charge on any atom is 0.328 e. The van der Waals surface area contributed by atoms with Crippen molar-refractivity contribution >= 4 is 18.0 Å². The zero-order valence-corrected chi connectivity index (χ0v) is 11.7. The highest BCUT2D eigenvalue weighted by Crippen LogP contribution is 2.32. The van der Waals surface area contributed by atoms with E-state index >= 15 is 0 Å². The molecular weight excluding hydrogens is 254 g/mol. The summed E-state index contributed by atoms with van der Waals surface area (Å²) in [5.74, 6) is -0.494. The fourth-order valence-electron chi connectivity index (χ4n) is 2.13. The number of benzene rings is 1. The molecule has 1 aromatic carbocycles. The van der Waals surface area contributed by atoms with Gasteiger partial charge in [0.25, 0.3) is 5.91 Å².